The number of benzene rings is 1. The molecule has 90 valence electrons. The second kappa shape index (κ2) is 4.89. The Labute approximate surface area is 104 Å². The predicted molar refractivity (Wildman–Crippen MR) is 67.9 cm³/mol. The van der Waals surface area contributed by atoms with Crippen molar-refractivity contribution in [2.24, 2.45) is 0 Å². The van der Waals surface area contributed by atoms with Crippen molar-refractivity contribution in [1.29, 1.82) is 0 Å². The first kappa shape index (κ1) is 12.1. The highest BCUT2D eigenvalue weighted by molar-refractivity contribution is 7.99. The number of aryl methyl sites for hydroxylation is 1. The highest BCUT2D eigenvalue weighted by Gasteiger charge is 2.23. The number of H-pyrrole nitrogens is 1. The first-order valence-corrected chi connectivity index (χ1v) is 6.36. The number of aromatic nitrogens is 3. The Balaban J connectivity index is 2.03. The van der Waals surface area contributed by atoms with E-state index in [0.29, 0.717) is 10.9 Å². The topological polar surface area (TPSA) is 61.8 Å². The number of rotatable bonds is 4. The lowest BCUT2D eigenvalue weighted by molar-refractivity contribution is 0.0839. The molecule has 1 aromatic heterocycles. The molecule has 0 aliphatic rings. The molecular formula is C12H15N3OS. The smallest absolute Gasteiger partial charge is 0.208 e. The summed E-state index contributed by atoms with van der Waals surface area (Å²) in [6.45, 7) is 3.65. The molecular weight excluding hydrogens is 234 g/mol. The fourth-order valence-corrected chi connectivity index (χ4v) is 2.36. The second-order valence-electron chi connectivity index (χ2n) is 4.13. The molecule has 4 nitrogen and oxygen atoms in total. The van der Waals surface area contributed by atoms with Crippen LogP contribution in [0.25, 0.3) is 0 Å². The monoisotopic (exact) mass is 249 g/mol. The molecule has 2 N–H and O–H groups in total. The highest BCUT2D eigenvalue weighted by atomic mass is 32.2. The Morgan fingerprint density at radius 2 is 2.06 bits per heavy atom. The van der Waals surface area contributed by atoms with Crippen molar-refractivity contribution in [3.8, 4) is 0 Å². The first-order valence-electron chi connectivity index (χ1n) is 5.38. The third-order valence-corrected chi connectivity index (χ3v) is 3.60. The summed E-state index contributed by atoms with van der Waals surface area (Å²) in [4.78, 5) is 4.19. The Kier molecular flexibility index (Phi) is 3.49. The standard InChI is InChI=1S/C12H15N3OS/c1-9-13-11(15-14-9)17-8-12(2,16)10-6-4-3-5-7-10/h3-7,16H,8H2,1-2H3,(H,13,14,15). The predicted octanol–water partition coefficient (Wildman–Crippen LogP) is 2.11. The van der Waals surface area contributed by atoms with Crippen LogP contribution < -0.4 is 0 Å². The molecule has 1 unspecified atom stereocenters. The summed E-state index contributed by atoms with van der Waals surface area (Å²) >= 11 is 1.44. The molecule has 1 aromatic carbocycles. The summed E-state index contributed by atoms with van der Waals surface area (Å²) in [5, 5.41) is 17.8. The lowest BCUT2D eigenvalue weighted by atomic mass is 9.99. The van der Waals surface area contributed by atoms with Gasteiger partial charge in [-0.3, -0.25) is 5.10 Å². The Bertz CT molecular complexity index is 482. The summed E-state index contributed by atoms with van der Waals surface area (Å²) in [6, 6.07) is 9.62. The second-order valence-corrected chi connectivity index (χ2v) is 5.07. The van der Waals surface area contributed by atoms with Crippen LogP contribution in [-0.2, 0) is 5.60 Å². The molecule has 0 fully saturated rings. The molecule has 0 radical (unpaired) electrons. The van der Waals surface area contributed by atoms with Gasteiger partial charge in [0.05, 0.1) is 5.60 Å². The number of aliphatic hydroxyl groups is 1. The van der Waals surface area contributed by atoms with Crippen molar-refractivity contribution in [3.63, 3.8) is 0 Å². The zero-order chi connectivity index (χ0) is 12.3. The minimum absolute atomic E-state index is 0.522. The molecule has 2 rings (SSSR count). The molecule has 5 heteroatoms. The Morgan fingerprint density at radius 1 is 1.35 bits per heavy atom. The first-order chi connectivity index (χ1) is 8.08. The van der Waals surface area contributed by atoms with Crippen LogP contribution in [0.2, 0.25) is 0 Å². The van der Waals surface area contributed by atoms with E-state index in [0.717, 1.165) is 11.4 Å². The molecule has 0 saturated carbocycles. The molecule has 2 aromatic rings. The number of aromatic amines is 1. The summed E-state index contributed by atoms with van der Waals surface area (Å²) < 4.78 is 0. The molecule has 0 spiro atoms. The SMILES string of the molecule is Cc1nc(SCC(C)(O)c2ccccc2)n[nH]1. The molecule has 0 amide bonds. The van der Waals surface area contributed by atoms with Crippen LogP contribution in [0.5, 0.6) is 0 Å². The van der Waals surface area contributed by atoms with Crippen LogP contribution in [0, 0.1) is 6.92 Å². The number of nitrogens with zero attached hydrogens (tertiary/aromatic N) is 2. The number of thioether (sulfide) groups is 1. The van der Waals surface area contributed by atoms with Gasteiger partial charge in [0.15, 0.2) is 0 Å². The third kappa shape index (κ3) is 3.08. The van der Waals surface area contributed by atoms with Gasteiger partial charge in [-0.25, -0.2) is 4.98 Å². The van der Waals surface area contributed by atoms with E-state index in [1.807, 2.05) is 37.3 Å². The van der Waals surface area contributed by atoms with E-state index in [4.69, 9.17) is 0 Å². The lowest BCUT2D eigenvalue weighted by Gasteiger charge is -2.22. The Hall–Kier alpha value is -1.33. The molecule has 17 heavy (non-hydrogen) atoms. The van der Waals surface area contributed by atoms with Gasteiger partial charge in [-0.15, -0.1) is 5.10 Å². The van der Waals surface area contributed by atoms with E-state index < -0.39 is 5.60 Å². The fraction of sp³-hybridized carbons (Fsp3) is 0.333. The van der Waals surface area contributed by atoms with E-state index in [1.54, 1.807) is 6.92 Å². The zero-order valence-electron chi connectivity index (χ0n) is 9.84. The van der Waals surface area contributed by atoms with E-state index >= 15 is 0 Å². The lowest BCUT2D eigenvalue weighted by Crippen LogP contribution is -2.24. The molecule has 0 aliphatic heterocycles. The highest BCUT2D eigenvalue weighted by Crippen LogP contribution is 2.27. The van der Waals surface area contributed by atoms with Crippen LogP contribution in [0.4, 0.5) is 0 Å². The third-order valence-electron chi connectivity index (χ3n) is 2.45. The van der Waals surface area contributed by atoms with Crippen molar-refractivity contribution < 1.29 is 5.11 Å². The maximum absolute atomic E-state index is 10.4. The average Bonchev–Trinajstić information content (AvgIpc) is 2.74. The van der Waals surface area contributed by atoms with Crippen LogP contribution in [-0.4, -0.2) is 26.0 Å². The summed E-state index contributed by atoms with van der Waals surface area (Å²) in [5.74, 6) is 1.31. The maximum atomic E-state index is 10.4. The van der Waals surface area contributed by atoms with Gasteiger partial charge in [-0.1, -0.05) is 42.1 Å². The van der Waals surface area contributed by atoms with Gasteiger partial charge < -0.3 is 5.11 Å². The Morgan fingerprint density at radius 3 is 2.65 bits per heavy atom. The van der Waals surface area contributed by atoms with Gasteiger partial charge in [0, 0.05) is 5.75 Å². The summed E-state index contributed by atoms with van der Waals surface area (Å²) in [5.41, 5.74) is 0.0280. The summed E-state index contributed by atoms with van der Waals surface area (Å²) in [7, 11) is 0. The van der Waals surface area contributed by atoms with E-state index in [2.05, 4.69) is 15.2 Å². The fourth-order valence-electron chi connectivity index (χ4n) is 1.47. The minimum Gasteiger partial charge on any atom is -0.385 e. The van der Waals surface area contributed by atoms with Crippen LogP contribution in [0.15, 0.2) is 35.5 Å². The van der Waals surface area contributed by atoms with Crippen molar-refractivity contribution >= 4 is 11.8 Å². The van der Waals surface area contributed by atoms with E-state index in [-0.39, 0.29) is 0 Å². The minimum atomic E-state index is -0.875. The normalized spacial score (nSPS) is 14.5. The van der Waals surface area contributed by atoms with Crippen LogP contribution in [0.1, 0.15) is 18.3 Å². The molecule has 0 aliphatic carbocycles. The average molecular weight is 249 g/mol. The van der Waals surface area contributed by atoms with E-state index in [1.165, 1.54) is 11.8 Å². The number of hydrogen-bond donors (Lipinski definition) is 2. The molecule has 0 saturated heterocycles. The van der Waals surface area contributed by atoms with Crippen molar-refractivity contribution in [1.82, 2.24) is 15.2 Å². The quantitative estimate of drug-likeness (QED) is 0.815. The van der Waals surface area contributed by atoms with Gasteiger partial charge in [0.25, 0.3) is 0 Å². The summed E-state index contributed by atoms with van der Waals surface area (Å²) in [6.07, 6.45) is 0. The van der Waals surface area contributed by atoms with Gasteiger partial charge in [-0.05, 0) is 19.4 Å². The van der Waals surface area contributed by atoms with Gasteiger partial charge in [0.2, 0.25) is 5.16 Å². The van der Waals surface area contributed by atoms with Gasteiger partial charge in [0.1, 0.15) is 5.82 Å². The van der Waals surface area contributed by atoms with Crippen molar-refractivity contribution in [2.75, 3.05) is 5.75 Å². The van der Waals surface area contributed by atoms with E-state index in [9.17, 15) is 5.11 Å². The largest absolute Gasteiger partial charge is 0.385 e. The zero-order valence-corrected chi connectivity index (χ0v) is 10.7. The van der Waals surface area contributed by atoms with Gasteiger partial charge >= 0.3 is 0 Å². The molecule has 1 atom stereocenters. The number of nitrogens with one attached hydrogen (secondary N) is 1. The van der Waals surface area contributed by atoms with Crippen LogP contribution >= 0.6 is 11.8 Å². The maximum Gasteiger partial charge on any atom is 0.208 e. The molecule has 0 bridgehead atoms. The number of hydrogen-bond acceptors (Lipinski definition) is 4. The molecule has 1 heterocycles. The van der Waals surface area contributed by atoms with Crippen LogP contribution in [0.3, 0.4) is 0 Å². The van der Waals surface area contributed by atoms with Crippen molar-refractivity contribution in [2.45, 2.75) is 24.6 Å². The van der Waals surface area contributed by atoms with Crippen molar-refractivity contribution in [3.05, 3.63) is 41.7 Å². The van der Waals surface area contributed by atoms with Gasteiger partial charge in [-0.2, -0.15) is 0 Å².